The molecule has 0 aliphatic carbocycles. The van der Waals surface area contributed by atoms with Gasteiger partial charge in [0.1, 0.15) is 5.76 Å². The van der Waals surface area contributed by atoms with Crippen molar-refractivity contribution in [2.75, 3.05) is 18.8 Å². The summed E-state index contributed by atoms with van der Waals surface area (Å²) in [7, 11) is 0. The number of H-pyrrole nitrogens is 1. The highest BCUT2D eigenvalue weighted by Gasteiger charge is 2.21. The fourth-order valence-corrected chi connectivity index (χ4v) is 3.83. The van der Waals surface area contributed by atoms with Gasteiger partial charge in [-0.25, -0.2) is 4.99 Å². The number of aliphatic imine (C=N–C) groups is 1. The van der Waals surface area contributed by atoms with Crippen LogP contribution in [-0.4, -0.2) is 33.8 Å². The quantitative estimate of drug-likeness (QED) is 0.279. The minimum atomic E-state index is 0.0538. The molecule has 31 heavy (non-hydrogen) atoms. The molecule has 4 N–H and O–H groups in total. The van der Waals surface area contributed by atoms with Crippen molar-refractivity contribution in [2.24, 2.45) is 4.99 Å². The summed E-state index contributed by atoms with van der Waals surface area (Å²) in [6.07, 6.45) is 1.64. The van der Waals surface area contributed by atoms with Crippen molar-refractivity contribution < 1.29 is 9.52 Å². The topological polar surface area (TPSA) is 90.8 Å². The summed E-state index contributed by atoms with van der Waals surface area (Å²) in [6, 6.07) is 15.6. The fourth-order valence-electron chi connectivity index (χ4n) is 3.83. The number of hydrogen-bond acceptors (Lipinski definition) is 5. The molecule has 0 bridgehead atoms. The number of aromatic amines is 1. The molecular weight excluding hydrogens is 388 g/mol. The largest absolute Gasteiger partial charge is 0.494 e. The summed E-state index contributed by atoms with van der Waals surface area (Å²) in [4.78, 5) is 10.3. The number of fused-ring (bicyclic) bond motifs is 1. The molecular formula is C25H28N4O2. The molecule has 0 radical (unpaired) electrons. The number of hydrogen-bond donors (Lipinski definition) is 3. The number of benzene rings is 2. The number of aromatic nitrogens is 1. The lowest BCUT2D eigenvalue weighted by Gasteiger charge is -2.17. The number of anilines is 1. The maximum Gasteiger partial charge on any atom is 0.199 e. The Labute approximate surface area is 182 Å². The fraction of sp³-hybridized carbons (Fsp3) is 0.240. The average Bonchev–Trinajstić information content (AvgIpc) is 3.33. The lowest BCUT2D eigenvalue weighted by Crippen LogP contribution is -2.21. The number of rotatable bonds is 7. The lowest BCUT2D eigenvalue weighted by molar-refractivity contribution is 0.296. The Morgan fingerprint density at radius 1 is 1.10 bits per heavy atom. The van der Waals surface area contributed by atoms with E-state index in [9.17, 15) is 5.11 Å². The Kier molecular flexibility index (Phi) is 5.82. The second-order valence-corrected chi connectivity index (χ2v) is 7.63. The van der Waals surface area contributed by atoms with E-state index in [0.29, 0.717) is 17.0 Å². The van der Waals surface area contributed by atoms with Crippen molar-refractivity contribution in [3.05, 3.63) is 77.2 Å². The summed E-state index contributed by atoms with van der Waals surface area (Å²) < 4.78 is 5.54. The van der Waals surface area contributed by atoms with E-state index in [4.69, 9.17) is 15.1 Å². The smallest absolute Gasteiger partial charge is 0.199 e. The van der Waals surface area contributed by atoms with Crippen LogP contribution in [0.25, 0.3) is 10.9 Å². The first-order chi connectivity index (χ1) is 15.0. The third-order valence-corrected chi connectivity index (χ3v) is 5.63. The minimum Gasteiger partial charge on any atom is -0.494 e. The molecule has 6 nitrogen and oxygen atoms in total. The summed E-state index contributed by atoms with van der Waals surface area (Å²) in [5.74, 6) is 0.791. The van der Waals surface area contributed by atoms with Gasteiger partial charge < -0.3 is 20.2 Å². The zero-order chi connectivity index (χ0) is 22.0. The van der Waals surface area contributed by atoms with Crippen molar-refractivity contribution in [3.63, 3.8) is 0 Å². The van der Waals surface area contributed by atoms with Gasteiger partial charge in [0.05, 0.1) is 28.7 Å². The Bertz CT molecular complexity index is 1210. The van der Waals surface area contributed by atoms with Gasteiger partial charge in [-0.15, -0.1) is 0 Å². The first-order valence-electron chi connectivity index (χ1n) is 10.5. The summed E-state index contributed by atoms with van der Waals surface area (Å²) in [6.45, 7) is 9.18. The molecule has 6 heteroatoms. The van der Waals surface area contributed by atoms with Crippen molar-refractivity contribution in [1.82, 2.24) is 9.88 Å². The first kappa shape index (κ1) is 20.8. The van der Waals surface area contributed by atoms with Crippen molar-refractivity contribution in [2.45, 2.75) is 27.3 Å². The highest BCUT2D eigenvalue weighted by atomic mass is 16.3. The van der Waals surface area contributed by atoms with Crippen molar-refractivity contribution in [1.29, 1.82) is 0 Å². The Balaban J connectivity index is 1.80. The maximum absolute atomic E-state index is 10.7. The molecule has 0 fully saturated rings. The van der Waals surface area contributed by atoms with Gasteiger partial charge in [0.15, 0.2) is 5.88 Å². The number of nitrogens with one attached hydrogen (secondary N) is 1. The lowest BCUT2D eigenvalue weighted by atomic mass is 10.0. The number of aryl methyl sites for hydroxylation is 1. The summed E-state index contributed by atoms with van der Waals surface area (Å²) in [5.41, 5.74) is 11.5. The SMILES string of the molecule is CCN(CC)Cc1ccc(N=C(c2ccoc2C)c2c(O)[nH]c3cc(N)ccc23)cc1. The summed E-state index contributed by atoms with van der Waals surface area (Å²) in [5, 5.41) is 11.6. The standard InChI is InChI=1S/C25H28N4O2/c1-4-29(5-2)15-17-6-9-19(10-7-17)27-24(20-12-13-31-16(20)3)23-21-11-8-18(26)14-22(21)28-25(23)30/h6-14,28,30H,4-5,15,26H2,1-3H3. The van der Waals surface area contributed by atoms with E-state index < -0.39 is 0 Å². The number of nitrogens with two attached hydrogens (primary N) is 1. The molecule has 0 unspecified atom stereocenters. The third kappa shape index (κ3) is 4.20. The summed E-state index contributed by atoms with van der Waals surface area (Å²) >= 11 is 0. The minimum absolute atomic E-state index is 0.0538. The van der Waals surface area contributed by atoms with Crippen molar-refractivity contribution >= 4 is 28.0 Å². The third-order valence-electron chi connectivity index (χ3n) is 5.63. The van der Waals surface area contributed by atoms with E-state index in [0.717, 1.165) is 47.5 Å². The molecule has 0 aliphatic rings. The van der Waals surface area contributed by atoms with E-state index in [-0.39, 0.29) is 5.88 Å². The normalized spacial score (nSPS) is 12.2. The van der Waals surface area contributed by atoms with Gasteiger partial charge in [0.2, 0.25) is 0 Å². The highest BCUT2D eigenvalue weighted by Crippen LogP contribution is 2.33. The van der Waals surface area contributed by atoms with Crippen LogP contribution in [-0.2, 0) is 6.54 Å². The van der Waals surface area contributed by atoms with E-state index in [1.807, 2.05) is 37.3 Å². The molecule has 0 saturated carbocycles. The molecule has 4 rings (SSSR count). The molecule has 2 aromatic carbocycles. The number of nitrogens with zero attached hydrogens (tertiary/aromatic N) is 2. The van der Waals surface area contributed by atoms with Gasteiger partial charge >= 0.3 is 0 Å². The molecule has 0 atom stereocenters. The van der Waals surface area contributed by atoms with Gasteiger partial charge in [-0.3, -0.25) is 4.90 Å². The van der Waals surface area contributed by atoms with Gasteiger partial charge in [-0.1, -0.05) is 26.0 Å². The highest BCUT2D eigenvalue weighted by molar-refractivity contribution is 6.22. The Hall–Kier alpha value is -3.51. The van der Waals surface area contributed by atoms with Gasteiger partial charge in [-0.2, -0.15) is 0 Å². The molecule has 0 amide bonds. The van der Waals surface area contributed by atoms with Gasteiger partial charge in [0.25, 0.3) is 0 Å². The first-order valence-corrected chi connectivity index (χ1v) is 10.5. The predicted molar refractivity (Wildman–Crippen MR) is 126 cm³/mol. The molecule has 4 aromatic rings. The van der Waals surface area contributed by atoms with Crippen LogP contribution < -0.4 is 5.73 Å². The molecule has 2 aromatic heterocycles. The Morgan fingerprint density at radius 2 is 1.84 bits per heavy atom. The van der Waals surface area contributed by atoms with E-state index in [2.05, 4.69) is 35.9 Å². The van der Waals surface area contributed by atoms with Crippen LogP contribution in [0.5, 0.6) is 5.88 Å². The monoisotopic (exact) mass is 416 g/mol. The molecule has 160 valence electrons. The van der Waals surface area contributed by atoms with Crippen LogP contribution in [0.15, 0.2) is 64.2 Å². The predicted octanol–water partition coefficient (Wildman–Crippen LogP) is 5.37. The molecule has 0 saturated heterocycles. The second-order valence-electron chi connectivity index (χ2n) is 7.63. The van der Waals surface area contributed by atoms with E-state index in [1.165, 1.54) is 5.56 Å². The van der Waals surface area contributed by atoms with Crippen LogP contribution in [0.3, 0.4) is 0 Å². The zero-order valence-corrected chi connectivity index (χ0v) is 18.1. The van der Waals surface area contributed by atoms with Gasteiger partial charge in [-0.05, 0) is 62.0 Å². The van der Waals surface area contributed by atoms with Gasteiger partial charge in [0, 0.05) is 23.2 Å². The van der Waals surface area contributed by atoms with Crippen LogP contribution >= 0.6 is 0 Å². The van der Waals surface area contributed by atoms with E-state index >= 15 is 0 Å². The molecule has 2 heterocycles. The molecule has 0 aliphatic heterocycles. The van der Waals surface area contributed by atoms with Crippen LogP contribution in [0.4, 0.5) is 11.4 Å². The van der Waals surface area contributed by atoms with Crippen LogP contribution in [0.1, 0.15) is 36.3 Å². The van der Waals surface area contributed by atoms with E-state index in [1.54, 1.807) is 12.3 Å². The number of nitrogen functional groups attached to an aromatic ring is 1. The second kappa shape index (κ2) is 8.70. The van der Waals surface area contributed by atoms with Crippen molar-refractivity contribution in [3.8, 4) is 5.88 Å². The van der Waals surface area contributed by atoms with Crippen LogP contribution in [0.2, 0.25) is 0 Å². The number of furan rings is 1. The number of aromatic hydroxyl groups is 1. The molecule has 0 spiro atoms. The van der Waals surface area contributed by atoms with Crippen LogP contribution in [0, 0.1) is 6.92 Å². The average molecular weight is 417 g/mol. The maximum atomic E-state index is 10.7. The Morgan fingerprint density at radius 3 is 2.48 bits per heavy atom. The zero-order valence-electron chi connectivity index (χ0n) is 18.1.